The molecule has 0 atom stereocenters. The first-order valence-electron chi connectivity index (χ1n) is 5.88. The van der Waals surface area contributed by atoms with Crippen molar-refractivity contribution in [1.29, 1.82) is 0 Å². The van der Waals surface area contributed by atoms with Crippen LogP contribution in [0.25, 0.3) is 0 Å². The summed E-state index contributed by atoms with van der Waals surface area (Å²) < 4.78 is 10.1. The van der Waals surface area contributed by atoms with Gasteiger partial charge in [-0.25, -0.2) is 0 Å². The van der Waals surface area contributed by atoms with Crippen LogP contribution in [0.15, 0.2) is 12.1 Å². The highest BCUT2D eigenvalue weighted by Crippen LogP contribution is 2.37. The highest BCUT2D eigenvalue weighted by Gasteiger charge is 2.19. The Kier molecular flexibility index (Phi) is 5.57. The second-order valence-corrected chi connectivity index (χ2v) is 3.89. The topological polar surface area (TPSA) is 103 Å². The number of amides is 1. The van der Waals surface area contributed by atoms with Crippen molar-refractivity contribution < 1.29 is 19.2 Å². The van der Waals surface area contributed by atoms with Gasteiger partial charge in [0, 0.05) is 26.1 Å². The number of nitro benzene ring substituents is 1. The van der Waals surface area contributed by atoms with E-state index in [-0.39, 0.29) is 17.3 Å². The molecular weight excluding hydrogens is 266 g/mol. The molecule has 2 N–H and O–H groups in total. The van der Waals surface area contributed by atoms with E-state index in [9.17, 15) is 14.9 Å². The molecule has 1 aromatic rings. The van der Waals surface area contributed by atoms with E-state index in [0.717, 1.165) is 0 Å². The van der Waals surface area contributed by atoms with Gasteiger partial charge in [-0.3, -0.25) is 14.9 Å². The standard InChI is InChI=1S/C12H17N3O5/c1-8(16)13-4-5-14-9-6-11(19-2)12(20-3)7-10(9)15(17)18/h6-7,14H,4-5H2,1-3H3,(H,13,16). The van der Waals surface area contributed by atoms with Crippen LogP contribution in [-0.2, 0) is 4.79 Å². The van der Waals surface area contributed by atoms with E-state index < -0.39 is 4.92 Å². The zero-order chi connectivity index (χ0) is 15.1. The summed E-state index contributed by atoms with van der Waals surface area (Å²) in [7, 11) is 2.86. The Labute approximate surface area is 116 Å². The number of hydrogen-bond acceptors (Lipinski definition) is 6. The van der Waals surface area contributed by atoms with Gasteiger partial charge in [-0.1, -0.05) is 0 Å². The van der Waals surface area contributed by atoms with Gasteiger partial charge < -0.3 is 20.1 Å². The van der Waals surface area contributed by atoms with Crippen molar-refractivity contribution in [3.05, 3.63) is 22.2 Å². The number of carbonyl (C=O) groups is 1. The molecule has 1 aromatic carbocycles. The number of nitrogens with zero attached hydrogens (tertiary/aromatic N) is 1. The largest absolute Gasteiger partial charge is 0.493 e. The second-order valence-electron chi connectivity index (χ2n) is 3.89. The molecule has 0 saturated heterocycles. The molecule has 8 nitrogen and oxygen atoms in total. The lowest BCUT2D eigenvalue weighted by Gasteiger charge is -2.12. The Hall–Kier alpha value is -2.51. The molecule has 110 valence electrons. The van der Waals surface area contributed by atoms with Gasteiger partial charge in [0.1, 0.15) is 5.69 Å². The summed E-state index contributed by atoms with van der Waals surface area (Å²) in [6.07, 6.45) is 0. The van der Waals surface area contributed by atoms with E-state index in [1.165, 1.54) is 33.3 Å². The molecule has 0 bridgehead atoms. The average molecular weight is 283 g/mol. The minimum Gasteiger partial charge on any atom is -0.493 e. The monoisotopic (exact) mass is 283 g/mol. The van der Waals surface area contributed by atoms with Gasteiger partial charge in [-0.15, -0.1) is 0 Å². The number of anilines is 1. The van der Waals surface area contributed by atoms with Gasteiger partial charge in [0.15, 0.2) is 11.5 Å². The maximum absolute atomic E-state index is 11.0. The van der Waals surface area contributed by atoms with Gasteiger partial charge in [-0.05, 0) is 0 Å². The Morgan fingerprint density at radius 3 is 2.35 bits per heavy atom. The fourth-order valence-electron chi connectivity index (χ4n) is 1.60. The first kappa shape index (κ1) is 15.5. The SMILES string of the molecule is COc1cc(NCCNC(C)=O)c([N+](=O)[O-])cc1OC. The molecule has 8 heteroatoms. The summed E-state index contributed by atoms with van der Waals surface area (Å²) in [6, 6.07) is 2.78. The molecule has 0 saturated carbocycles. The third kappa shape index (κ3) is 4.01. The maximum Gasteiger partial charge on any atom is 0.296 e. The van der Waals surface area contributed by atoms with Crippen molar-refractivity contribution in [3.63, 3.8) is 0 Å². The number of ether oxygens (including phenoxy) is 2. The van der Waals surface area contributed by atoms with Crippen LogP contribution in [0.4, 0.5) is 11.4 Å². The van der Waals surface area contributed by atoms with Crippen LogP contribution < -0.4 is 20.1 Å². The van der Waals surface area contributed by atoms with Crippen molar-refractivity contribution in [2.24, 2.45) is 0 Å². The van der Waals surface area contributed by atoms with Gasteiger partial charge in [0.05, 0.1) is 25.2 Å². The normalized spacial score (nSPS) is 9.75. The summed E-state index contributed by atoms with van der Waals surface area (Å²) in [5, 5.41) is 16.5. The molecule has 0 unspecified atom stereocenters. The Morgan fingerprint density at radius 2 is 1.85 bits per heavy atom. The smallest absolute Gasteiger partial charge is 0.296 e. The first-order valence-corrected chi connectivity index (χ1v) is 5.88. The first-order chi connectivity index (χ1) is 9.49. The van der Waals surface area contributed by atoms with Crippen LogP contribution in [0, 0.1) is 10.1 Å². The van der Waals surface area contributed by atoms with E-state index in [2.05, 4.69) is 10.6 Å². The number of methoxy groups -OCH3 is 2. The van der Waals surface area contributed by atoms with E-state index in [1.807, 2.05) is 0 Å². The lowest BCUT2D eigenvalue weighted by molar-refractivity contribution is -0.384. The highest BCUT2D eigenvalue weighted by molar-refractivity contribution is 5.73. The van der Waals surface area contributed by atoms with E-state index in [4.69, 9.17) is 9.47 Å². The number of hydrogen-bond donors (Lipinski definition) is 2. The van der Waals surface area contributed by atoms with Crippen molar-refractivity contribution in [1.82, 2.24) is 5.32 Å². The Morgan fingerprint density at radius 1 is 1.25 bits per heavy atom. The number of nitro groups is 1. The number of nitrogens with one attached hydrogen (secondary N) is 2. The fraction of sp³-hybridized carbons (Fsp3) is 0.417. The minimum absolute atomic E-state index is 0.120. The van der Waals surface area contributed by atoms with E-state index in [1.54, 1.807) is 0 Å². The summed E-state index contributed by atoms with van der Waals surface area (Å²) >= 11 is 0. The van der Waals surface area contributed by atoms with E-state index in [0.29, 0.717) is 24.5 Å². The summed E-state index contributed by atoms with van der Waals surface area (Å²) in [6.45, 7) is 2.12. The molecule has 20 heavy (non-hydrogen) atoms. The molecule has 1 amide bonds. The molecular formula is C12H17N3O5. The van der Waals surface area contributed by atoms with Crippen LogP contribution in [0.1, 0.15) is 6.92 Å². The highest BCUT2D eigenvalue weighted by atomic mass is 16.6. The fourth-order valence-corrected chi connectivity index (χ4v) is 1.60. The van der Waals surface area contributed by atoms with Gasteiger partial charge in [-0.2, -0.15) is 0 Å². The van der Waals surface area contributed by atoms with Gasteiger partial charge in [0.25, 0.3) is 5.69 Å². The van der Waals surface area contributed by atoms with Crippen LogP contribution >= 0.6 is 0 Å². The zero-order valence-corrected chi connectivity index (χ0v) is 11.6. The van der Waals surface area contributed by atoms with Crippen LogP contribution in [-0.4, -0.2) is 38.1 Å². The maximum atomic E-state index is 11.0. The molecule has 0 aliphatic carbocycles. The van der Waals surface area contributed by atoms with Crippen molar-refractivity contribution in [2.45, 2.75) is 6.92 Å². The number of benzene rings is 1. The van der Waals surface area contributed by atoms with Crippen LogP contribution in [0.2, 0.25) is 0 Å². The van der Waals surface area contributed by atoms with Gasteiger partial charge in [0.2, 0.25) is 5.91 Å². The molecule has 0 aromatic heterocycles. The van der Waals surface area contributed by atoms with E-state index >= 15 is 0 Å². The molecule has 1 rings (SSSR count). The molecule has 0 aliphatic heterocycles. The lowest BCUT2D eigenvalue weighted by Crippen LogP contribution is -2.26. The molecule has 0 spiro atoms. The predicted octanol–water partition coefficient (Wildman–Crippen LogP) is 1.16. The molecule has 0 fully saturated rings. The Bertz CT molecular complexity index is 504. The Balaban J connectivity index is 2.92. The second kappa shape index (κ2) is 7.17. The van der Waals surface area contributed by atoms with Crippen LogP contribution in [0.3, 0.4) is 0 Å². The van der Waals surface area contributed by atoms with Gasteiger partial charge >= 0.3 is 0 Å². The van der Waals surface area contributed by atoms with Crippen LogP contribution in [0.5, 0.6) is 11.5 Å². The quantitative estimate of drug-likeness (QED) is 0.442. The third-order valence-electron chi connectivity index (χ3n) is 2.51. The molecule has 0 radical (unpaired) electrons. The average Bonchev–Trinajstić information content (AvgIpc) is 2.42. The third-order valence-corrected chi connectivity index (χ3v) is 2.51. The molecule has 0 heterocycles. The summed E-state index contributed by atoms with van der Waals surface area (Å²) in [5.41, 5.74) is 0.184. The predicted molar refractivity (Wildman–Crippen MR) is 73.4 cm³/mol. The van der Waals surface area contributed by atoms with Crippen molar-refractivity contribution in [3.8, 4) is 11.5 Å². The van der Waals surface area contributed by atoms with Crippen molar-refractivity contribution in [2.75, 3.05) is 32.6 Å². The summed E-state index contributed by atoms with van der Waals surface area (Å²) in [5.74, 6) is 0.514. The van der Waals surface area contributed by atoms with Crippen molar-refractivity contribution >= 4 is 17.3 Å². The number of rotatable bonds is 7. The minimum atomic E-state index is -0.511. The molecule has 0 aliphatic rings. The number of carbonyl (C=O) groups excluding carboxylic acids is 1. The zero-order valence-electron chi connectivity index (χ0n) is 11.6. The summed E-state index contributed by atoms with van der Waals surface area (Å²) in [4.78, 5) is 21.2. The lowest BCUT2D eigenvalue weighted by atomic mass is 10.2.